The molecule has 0 amide bonds. The molecular formula is C17H13FO3. The largest absolute Gasteiger partial charge is 0.423 e. The van der Waals surface area contributed by atoms with Gasteiger partial charge < -0.3 is 4.74 Å². The third-order valence-electron chi connectivity index (χ3n) is 2.76. The van der Waals surface area contributed by atoms with Gasteiger partial charge in [-0.1, -0.05) is 24.3 Å². The highest BCUT2D eigenvalue weighted by Gasteiger charge is 2.09. The molecule has 2 aromatic carbocycles. The average Bonchev–Trinajstić information content (AvgIpc) is 2.47. The number of esters is 1. The number of hydrogen-bond donors (Lipinski definition) is 0. The summed E-state index contributed by atoms with van der Waals surface area (Å²) in [4.78, 5) is 23.1. The summed E-state index contributed by atoms with van der Waals surface area (Å²) in [5, 5.41) is 0. The highest BCUT2D eigenvalue weighted by atomic mass is 19.1. The second-order valence-electron chi connectivity index (χ2n) is 4.36. The Morgan fingerprint density at radius 3 is 2.38 bits per heavy atom. The fourth-order valence-corrected chi connectivity index (χ4v) is 1.73. The minimum atomic E-state index is -0.604. The van der Waals surface area contributed by atoms with Crippen LogP contribution in [0.25, 0.3) is 6.08 Å². The van der Waals surface area contributed by atoms with Crippen molar-refractivity contribution in [2.24, 2.45) is 0 Å². The van der Waals surface area contributed by atoms with E-state index in [4.69, 9.17) is 4.74 Å². The number of carbonyl (C=O) groups excluding carboxylic acids is 2. The number of para-hydroxylation sites is 1. The number of Topliss-reactive ketones (excluding diaryl/α,β-unsaturated/α-hetero) is 1. The van der Waals surface area contributed by atoms with Crippen LogP contribution in [0.5, 0.6) is 5.75 Å². The topological polar surface area (TPSA) is 43.4 Å². The van der Waals surface area contributed by atoms with Crippen LogP contribution in [0.1, 0.15) is 22.8 Å². The minimum absolute atomic E-state index is 0.180. The third kappa shape index (κ3) is 4.11. The van der Waals surface area contributed by atoms with Crippen LogP contribution in [0.3, 0.4) is 0 Å². The van der Waals surface area contributed by atoms with Gasteiger partial charge in [-0.25, -0.2) is 9.18 Å². The van der Waals surface area contributed by atoms with E-state index in [1.165, 1.54) is 31.2 Å². The molecule has 21 heavy (non-hydrogen) atoms. The molecule has 0 fully saturated rings. The molecule has 2 aromatic rings. The lowest BCUT2D eigenvalue weighted by Gasteiger charge is -2.05. The van der Waals surface area contributed by atoms with Gasteiger partial charge in [-0.2, -0.15) is 0 Å². The molecule has 2 rings (SSSR count). The molecule has 0 saturated heterocycles. The van der Waals surface area contributed by atoms with Gasteiger partial charge in [-0.05, 0) is 42.8 Å². The standard InChI is InChI=1S/C17H13FO3/c1-12(19)15-4-2-3-5-16(15)21-17(20)11-8-13-6-9-14(18)10-7-13/h2-11H,1H3. The Kier molecular flexibility index (Phi) is 4.61. The van der Waals surface area contributed by atoms with Crippen LogP contribution in [-0.2, 0) is 4.79 Å². The van der Waals surface area contributed by atoms with Crippen molar-refractivity contribution in [2.45, 2.75) is 6.92 Å². The molecule has 0 bridgehead atoms. The van der Waals surface area contributed by atoms with Crippen molar-refractivity contribution in [3.8, 4) is 5.75 Å². The molecule has 0 aliphatic heterocycles. The number of halogens is 1. The Hall–Kier alpha value is -2.75. The molecule has 0 N–H and O–H groups in total. The number of carbonyl (C=O) groups is 2. The zero-order valence-electron chi connectivity index (χ0n) is 11.4. The Bertz CT molecular complexity index is 687. The van der Waals surface area contributed by atoms with Crippen molar-refractivity contribution >= 4 is 17.8 Å². The number of ketones is 1. The van der Waals surface area contributed by atoms with Gasteiger partial charge in [0, 0.05) is 6.08 Å². The molecule has 0 saturated carbocycles. The smallest absolute Gasteiger partial charge is 0.336 e. The lowest BCUT2D eigenvalue weighted by molar-refractivity contribution is -0.128. The Morgan fingerprint density at radius 1 is 1.05 bits per heavy atom. The van der Waals surface area contributed by atoms with Crippen LogP contribution < -0.4 is 4.74 Å². The molecule has 0 spiro atoms. The van der Waals surface area contributed by atoms with Gasteiger partial charge in [-0.3, -0.25) is 4.79 Å². The van der Waals surface area contributed by atoms with Crippen molar-refractivity contribution in [1.82, 2.24) is 0 Å². The van der Waals surface area contributed by atoms with Crippen LogP contribution in [0.4, 0.5) is 4.39 Å². The van der Waals surface area contributed by atoms with Crippen molar-refractivity contribution < 1.29 is 18.7 Å². The van der Waals surface area contributed by atoms with E-state index in [1.807, 2.05) is 0 Å². The van der Waals surface area contributed by atoms with E-state index in [0.29, 0.717) is 11.1 Å². The second-order valence-corrected chi connectivity index (χ2v) is 4.36. The van der Waals surface area contributed by atoms with Crippen LogP contribution in [0.2, 0.25) is 0 Å². The first kappa shape index (κ1) is 14.7. The van der Waals surface area contributed by atoms with E-state index in [9.17, 15) is 14.0 Å². The van der Waals surface area contributed by atoms with Crippen molar-refractivity contribution in [2.75, 3.05) is 0 Å². The summed E-state index contributed by atoms with van der Waals surface area (Å²) < 4.78 is 17.9. The van der Waals surface area contributed by atoms with Crippen LogP contribution >= 0.6 is 0 Å². The summed E-state index contributed by atoms with van der Waals surface area (Å²) in [6.45, 7) is 1.40. The van der Waals surface area contributed by atoms with Gasteiger partial charge in [0.25, 0.3) is 0 Å². The first-order valence-electron chi connectivity index (χ1n) is 6.31. The zero-order valence-corrected chi connectivity index (χ0v) is 11.4. The molecule has 0 radical (unpaired) electrons. The van der Waals surface area contributed by atoms with Gasteiger partial charge in [0.15, 0.2) is 5.78 Å². The molecule has 3 nitrogen and oxygen atoms in total. The van der Waals surface area contributed by atoms with E-state index >= 15 is 0 Å². The number of benzene rings is 2. The Balaban J connectivity index is 2.08. The lowest BCUT2D eigenvalue weighted by Crippen LogP contribution is -2.07. The zero-order chi connectivity index (χ0) is 15.2. The van der Waals surface area contributed by atoms with Crippen LogP contribution in [-0.4, -0.2) is 11.8 Å². The van der Waals surface area contributed by atoms with Crippen LogP contribution in [0.15, 0.2) is 54.6 Å². The monoisotopic (exact) mass is 284 g/mol. The molecule has 0 atom stereocenters. The maximum atomic E-state index is 12.7. The summed E-state index contributed by atoms with van der Waals surface area (Å²) in [6.07, 6.45) is 2.74. The van der Waals surface area contributed by atoms with E-state index in [2.05, 4.69) is 0 Å². The summed E-state index contributed by atoms with van der Waals surface area (Å²) >= 11 is 0. The van der Waals surface area contributed by atoms with Gasteiger partial charge in [0.1, 0.15) is 11.6 Å². The van der Waals surface area contributed by atoms with E-state index in [0.717, 1.165) is 0 Å². The number of hydrogen-bond acceptors (Lipinski definition) is 3. The normalized spacial score (nSPS) is 10.6. The summed E-state index contributed by atoms with van der Waals surface area (Å²) in [6, 6.07) is 12.2. The van der Waals surface area contributed by atoms with Crippen LogP contribution in [0, 0.1) is 5.82 Å². The predicted octanol–water partition coefficient (Wildman–Crippen LogP) is 3.65. The quantitative estimate of drug-likeness (QED) is 0.372. The first-order chi connectivity index (χ1) is 10.1. The summed E-state index contributed by atoms with van der Waals surface area (Å²) in [5.41, 5.74) is 1.02. The van der Waals surface area contributed by atoms with E-state index < -0.39 is 5.97 Å². The molecule has 0 unspecified atom stereocenters. The molecule has 106 valence electrons. The molecular weight excluding hydrogens is 271 g/mol. The molecule has 0 aliphatic carbocycles. The molecule has 0 aliphatic rings. The van der Waals surface area contributed by atoms with E-state index in [-0.39, 0.29) is 17.3 Å². The minimum Gasteiger partial charge on any atom is -0.423 e. The fourth-order valence-electron chi connectivity index (χ4n) is 1.73. The highest BCUT2D eigenvalue weighted by Crippen LogP contribution is 2.18. The van der Waals surface area contributed by atoms with Crippen molar-refractivity contribution in [3.63, 3.8) is 0 Å². The first-order valence-corrected chi connectivity index (χ1v) is 6.31. The Morgan fingerprint density at radius 2 is 1.71 bits per heavy atom. The highest BCUT2D eigenvalue weighted by molar-refractivity contribution is 5.98. The van der Waals surface area contributed by atoms with Gasteiger partial charge in [-0.15, -0.1) is 0 Å². The fraction of sp³-hybridized carbons (Fsp3) is 0.0588. The maximum absolute atomic E-state index is 12.7. The summed E-state index contributed by atoms with van der Waals surface area (Å²) in [7, 11) is 0. The second kappa shape index (κ2) is 6.61. The average molecular weight is 284 g/mol. The SMILES string of the molecule is CC(=O)c1ccccc1OC(=O)C=Cc1ccc(F)cc1. The van der Waals surface area contributed by atoms with E-state index in [1.54, 1.807) is 36.4 Å². The van der Waals surface area contributed by atoms with Crippen molar-refractivity contribution in [3.05, 3.63) is 71.6 Å². The third-order valence-corrected chi connectivity index (χ3v) is 2.76. The lowest BCUT2D eigenvalue weighted by atomic mass is 10.1. The Labute approximate surface area is 121 Å². The number of rotatable bonds is 4. The molecule has 4 heteroatoms. The van der Waals surface area contributed by atoms with Gasteiger partial charge in [0.05, 0.1) is 5.56 Å². The maximum Gasteiger partial charge on any atom is 0.336 e. The van der Waals surface area contributed by atoms with Crippen molar-refractivity contribution in [1.29, 1.82) is 0 Å². The summed E-state index contributed by atoms with van der Waals surface area (Å²) in [5.74, 6) is -0.905. The molecule has 0 aromatic heterocycles. The van der Waals surface area contributed by atoms with Gasteiger partial charge >= 0.3 is 5.97 Å². The number of ether oxygens (including phenoxy) is 1. The predicted molar refractivity (Wildman–Crippen MR) is 77.5 cm³/mol. The van der Waals surface area contributed by atoms with Gasteiger partial charge in [0.2, 0.25) is 0 Å². The molecule has 0 heterocycles.